The van der Waals surface area contributed by atoms with Crippen molar-refractivity contribution in [3.63, 3.8) is 0 Å². The maximum absolute atomic E-state index is 11.9. The number of hydrogen-bond donors (Lipinski definition) is 1. The average Bonchev–Trinajstić information content (AvgIpc) is 2.64. The number of sulfonamides is 1. The second kappa shape index (κ2) is 4.39. The second-order valence-corrected chi connectivity index (χ2v) is 6.67. The monoisotopic (exact) mass is 232 g/mol. The molecule has 2 atom stereocenters. The maximum Gasteiger partial charge on any atom is 0.214 e. The zero-order valence-electron chi connectivity index (χ0n) is 9.06. The smallest absolute Gasteiger partial charge is 0.214 e. The molecule has 1 heterocycles. The molecule has 15 heavy (non-hydrogen) atoms. The van der Waals surface area contributed by atoms with Crippen LogP contribution in [0.1, 0.15) is 32.1 Å². The summed E-state index contributed by atoms with van der Waals surface area (Å²) in [4.78, 5) is 0. The van der Waals surface area contributed by atoms with E-state index < -0.39 is 10.0 Å². The number of nitrogens with two attached hydrogens (primary N) is 1. The summed E-state index contributed by atoms with van der Waals surface area (Å²) in [6.07, 6.45) is 5.04. The highest BCUT2D eigenvalue weighted by Gasteiger charge is 2.38. The molecule has 2 unspecified atom stereocenters. The Bertz CT molecular complexity index is 315. The van der Waals surface area contributed by atoms with Crippen LogP contribution in [-0.4, -0.2) is 37.6 Å². The van der Waals surface area contributed by atoms with Crippen LogP contribution >= 0.6 is 0 Å². The lowest BCUT2D eigenvalue weighted by molar-refractivity contribution is 0.255. The molecule has 88 valence electrons. The van der Waals surface area contributed by atoms with Crippen molar-refractivity contribution in [3.05, 3.63) is 0 Å². The third-order valence-electron chi connectivity index (χ3n) is 3.68. The maximum atomic E-state index is 11.9. The summed E-state index contributed by atoms with van der Waals surface area (Å²) in [5.74, 6) is 0.721. The minimum atomic E-state index is -2.97. The molecular weight excluding hydrogens is 212 g/mol. The van der Waals surface area contributed by atoms with Gasteiger partial charge in [0.05, 0.1) is 5.75 Å². The van der Waals surface area contributed by atoms with Gasteiger partial charge in [0.1, 0.15) is 0 Å². The molecule has 1 saturated carbocycles. The van der Waals surface area contributed by atoms with Gasteiger partial charge >= 0.3 is 0 Å². The van der Waals surface area contributed by atoms with Gasteiger partial charge in [-0.05, 0) is 38.1 Å². The zero-order chi connectivity index (χ0) is 10.9. The molecule has 5 heteroatoms. The highest BCUT2D eigenvalue weighted by Crippen LogP contribution is 2.32. The molecule has 0 aromatic rings. The molecule has 1 aliphatic heterocycles. The molecule has 0 amide bonds. The van der Waals surface area contributed by atoms with Crippen molar-refractivity contribution in [2.24, 2.45) is 11.7 Å². The van der Waals surface area contributed by atoms with Crippen molar-refractivity contribution in [1.29, 1.82) is 0 Å². The van der Waals surface area contributed by atoms with Crippen LogP contribution in [0.3, 0.4) is 0 Å². The van der Waals surface area contributed by atoms with Gasteiger partial charge in [-0.25, -0.2) is 8.42 Å². The summed E-state index contributed by atoms with van der Waals surface area (Å²) in [5.41, 5.74) is 5.70. The Kier molecular flexibility index (Phi) is 3.33. The second-order valence-electron chi connectivity index (χ2n) is 4.63. The Morgan fingerprint density at radius 2 is 2.00 bits per heavy atom. The fourth-order valence-electron chi connectivity index (χ4n) is 2.85. The Morgan fingerprint density at radius 1 is 1.20 bits per heavy atom. The predicted molar refractivity (Wildman–Crippen MR) is 59.9 cm³/mol. The fourth-order valence-corrected chi connectivity index (χ4v) is 4.75. The average molecular weight is 232 g/mol. The molecule has 0 spiro atoms. The van der Waals surface area contributed by atoms with Gasteiger partial charge in [-0.2, -0.15) is 4.31 Å². The van der Waals surface area contributed by atoms with E-state index in [4.69, 9.17) is 5.73 Å². The number of nitrogens with zero attached hydrogens (tertiary/aromatic N) is 1. The van der Waals surface area contributed by atoms with E-state index in [0.29, 0.717) is 24.8 Å². The first-order chi connectivity index (χ1) is 7.15. The first kappa shape index (κ1) is 11.4. The summed E-state index contributed by atoms with van der Waals surface area (Å²) < 4.78 is 25.6. The van der Waals surface area contributed by atoms with E-state index in [1.54, 1.807) is 4.31 Å². The topological polar surface area (TPSA) is 63.4 Å². The Balaban J connectivity index is 2.14. The van der Waals surface area contributed by atoms with E-state index in [1.807, 2.05) is 0 Å². The first-order valence-corrected chi connectivity index (χ1v) is 7.45. The molecule has 0 aromatic heterocycles. The highest BCUT2D eigenvalue weighted by molar-refractivity contribution is 7.89. The molecular formula is C10H20N2O2S. The summed E-state index contributed by atoms with van der Waals surface area (Å²) in [6.45, 7) is 1.33. The summed E-state index contributed by atoms with van der Waals surface area (Å²) >= 11 is 0. The molecule has 1 saturated heterocycles. The van der Waals surface area contributed by atoms with Crippen LogP contribution in [0.4, 0.5) is 0 Å². The van der Waals surface area contributed by atoms with E-state index in [2.05, 4.69) is 0 Å². The lowest BCUT2D eigenvalue weighted by Gasteiger charge is -2.34. The van der Waals surface area contributed by atoms with E-state index in [9.17, 15) is 8.42 Å². The van der Waals surface area contributed by atoms with E-state index >= 15 is 0 Å². The molecule has 0 bridgehead atoms. The Hall–Kier alpha value is -0.130. The Labute approximate surface area is 91.9 Å². The van der Waals surface area contributed by atoms with Crippen LogP contribution in [0.25, 0.3) is 0 Å². The molecule has 0 aromatic carbocycles. The molecule has 2 aliphatic rings. The third-order valence-corrected chi connectivity index (χ3v) is 5.65. The van der Waals surface area contributed by atoms with Crippen molar-refractivity contribution in [3.8, 4) is 0 Å². The van der Waals surface area contributed by atoms with Gasteiger partial charge in [-0.3, -0.25) is 0 Å². The van der Waals surface area contributed by atoms with Crippen LogP contribution in [0.5, 0.6) is 0 Å². The minimum Gasteiger partial charge on any atom is -0.330 e. The normalized spacial score (nSPS) is 36.9. The quantitative estimate of drug-likeness (QED) is 0.756. The van der Waals surface area contributed by atoms with Crippen molar-refractivity contribution in [2.45, 2.75) is 38.1 Å². The number of rotatable bonds is 2. The molecule has 2 N–H and O–H groups in total. The standard InChI is InChI=1S/C10H20N2O2S/c11-8-9-4-3-5-10(9)12-6-1-2-7-15(12,13)14/h9-10H,1-8,11H2. The number of hydrogen-bond acceptors (Lipinski definition) is 3. The van der Waals surface area contributed by atoms with E-state index in [0.717, 1.165) is 32.1 Å². The summed E-state index contributed by atoms with van der Waals surface area (Å²) in [6, 6.07) is 0.195. The largest absolute Gasteiger partial charge is 0.330 e. The summed E-state index contributed by atoms with van der Waals surface area (Å²) in [5, 5.41) is 0. The van der Waals surface area contributed by atoms with Crippen molar-refractivity contribution in [2.75, 3.05) is 18.8 Å². The zero-order valence-corrected chi connectivity index (χ0v) is 9.88. The van der Waals surface area contributed by atoms with Crippen molar-refractivity contribution >= 4 is 10.0 Å². The van der Waals surface area contributed by atoms with Gasteiger partial charge in [0.15, 0.2) is 0 Å². The third kappa shape index (κ3) is 2.19. The van der Waals surface area contributed by atoms with Gasteiger partial charge in [0.25, 0.3) is 0 Å². The molecule has 4 nitrogen and oxygen atoms in total. The Morgan fingerprint density at radius 3 is 2.67 bits per heavy atom. The van der Waals surface area contributed by atoms with Crippen LogP contribution in [0, 0.1) is 5.92 Å². The van der Waals surface area contributed by atoms with Crippen LogP contribution in [-0.2, 0) is 10.0 Å². The van der Waals surface area contributed by atoms with Gasteiger partial charge in [-0.1, -0.05) is 6.42 Å². The first-order valence-electron chi connectivity index (χ1n) is 5.85. The molecule has 0 radical (unpaired) electrons. The van der Waals surface area contributed by atoms with Gasteiger partial charge in [0.2, 0.25) is 10.0 Å². The lowest BCUT2D eigenvalue weighted by atomic mass is 10.0. The van der Waals surface area contributed by atoms with Crippen LogP contribution in [0.15, 0.2) is 0 Å². The lowest BCUT2D eigenvalue weighted by Crippen LogP contribution is -2.47. The van der Waals surface area contributed by atoms with Crippen LogP contribution in [0.2, 0.25) is 0 Å². The molecule has 1 aliphatic carbocycles. The van der Waals surface area contributed by atoms with Gasteiger partial charge < -0.3 is 5.73 Å². The van der Waals surface area contributed by atoms with Crippen molar-refractivity contribution in [1.82, 2.24) is 4.31 Å². The van der Waals surface area contributed by atoms with Crippen LogP contribution < -0.4 is 5.73 Å². The highest BCUT2D eigenvalue weighted by atomic mass is 32.2. The van der Waals surface area contributed by atoms with E-state index in [-0.39, 0.29) is 6.04 Å². The van der Waals surface area contributed by atoms with Crippen molar-refractivity contribution < 1.29 is 8.42 Å². The summed E-state index contributed by atoms with van der Waals surface area (Å²) in [7, 11) is -2.97. The minimum absolute atomic E-state index is 0.195. The van der Waals surface area contributed by atoms with Gasteiger partial charge in [-0.15, -0.1) is 0 Å². The molecule has 2 rings (SSSR count). The van der Waals surface area contributed by atoms with Gasteiger partial charge in [0, 0.05) is 12.6 Å². The SMILES string of the molecule is NCC1CCCC1N1CCCCS1(=O)=O. The predicted octanol–water partition coefficient (Wildman–Crippen LogP) is 0.539. The fraction of sp³-hybridized carbons (Fsp3) is 1.00. The molecule has 2 fully saturated rings. The van der Waals surface area contributed by atoms with E-state index in [1.165, 1.54) is 0 Å².